The summed E-state index contributed by atoms with van der Waals surface area (Å²) in [5.74, 6) is 1.50. The fourth-order valence-corrected chi connectivity index (χ4v) is 7.53. The molecule has 0 amide bonds. The van der Waals surface area contributed by atoms with E-state index in [1.807, 2.05) is 38.4 Å². The fraction of sp³-hybridized carbons (Fsp3) is 0.542. The first kappa shape index (κ1) is 22.3. The van der Waals surface area contributed by atoms with Crippen molar-refractivity contribution in [2.75, 3.05) is 30.9 Å². The van der Waals surface area contributed by atoms with E-state index in [0.29, 0.717) is 19.0 Å². The lowest BCUT2D eigenvalue weighted by molar-refractivity contribution is 0.0985. The van der Waals surface area contributed by atoms with E-state index >= 15 is 0 Å². The molecule has 0 radical (unpaired) electrons. The number of ether oxygens (including phenoxy) is 1. The van der Waals surface area contributed by atoms with Crippen LogP contribution in [-0.2, 0) is 19.2 Å². The third-order valence-electron chi connectivity index (χ3n) is 6.84. The molecule has 0 bridgehead atoms. The number of fused-ring (bicyclic) bond motifs is 1. The number of pyridine rings is 1. The van der Waals surface area contributed by atoms with Gasteiger partial charge in [0.1, 0.15) is 11.5 Å². The molecule has 8 nitrogen and oxygen atoms in total. The zero-order valence-electron chi connectivity index (χ0n) is 19.7. The smallest absolute Gasteiger partial charge is 0.162 e. The van der Waals surface area contributed by atoms with E-state index in [1.54, 1.807) is 6.20 Å². The Morgan fingerprint density at radius 1 is 1.30 bits per heavy atom. The van der Waals surface area contributed by atoms with Crippen molar-refractivity contribution in [1.29, 1.82) is 0 Å². The van der Waals surface area contributed by atoms with Gasteiger partial charge in [-0.3, -0.25) is 0 Å². The Morgan fingerprint density at radius 2 is 2.12 bits per heavy atom. The lowest BCUT2D eigenvalue weighted by Gasteiger charge is -2.43. The van der Waals surface area contributed by atoms with E-state index in [-0.39, 0.29) is 12.1 Å². The Kier molecular flexibility index (Phi) is 5.64. The SMILES string of the molecule is CC(C)N=S(C)(=O)C1(c2cc(N3CCOC[C@H]3C)nc(-c3ccnc4[nH]ccc34)n2)CCC1. The maximum atomic E-state index is 14.0. The second kappa shape index (κ2) is 8.36. The van der Waals surface area contributed by atoms with E-state index in [1.165, 1.54) is 0 Å². The molecule has 2 atom stereocenters. The summed E-state index contributed by atoms with van der Waals surface area (Å²) >= 11 is 0. The normalized spacial score (nSPS) is 22.2. The van der Waals surface area contributed by atoms with Crippen molar-refractivity contribution in [3.05, 3.63) is 36.3 Å². The van der Waals surface area contributed by atoms with E-state index in [2.05, 4.69) is 27.9 Å². The minimum absolute atomic E-state index is 0.000281. The van der Waals surface area contributed by atoms with Gasteiger partial charge in [-0.15, -0.1) is 0 Å². The third kappa shape index (κ3) is 3.81. The maximum absolute atomic E-state index is 14.0. The summed E-state index contributed by atoms with van der Waals surface area (Å²) in [4.78, 5) is 20.0. The third-order valence-corrected chi connectivity index (χ3v) is 9.73. The number of nitrogens with zero attached hydrogens (tertiary/aromatic N) is 5. The molecule has 9 heteroatoms. The zero-order chi connectivity index (χ0) is 23.2. The van der Waals surface area contributed by atoms with E-state index < -0.39 is 14.5 Å². The second-order valence-corrected chi connectivity index (χ2v) is 12.1. The summed E-state index contributed by atoms with van der Waals surface area (Å²) in [6, 6.07) is 6.21. The minimum Gasteiger partial charge on any atom is -0.377 e. The Bertz CT molecular complexity index is 1290. The molecule has 4 heterocycles. The average molecular weight is 469 g/mol. The summed E-state index contributed by atoms with van der Waals surface area (Å²) in [6.07, 6.45) is 8.13. The number of H-pyrrole nitrogens is 1. The molecule has 1 aliphatic carbocycles. The van der Waals surface area contributed by atoms with Crippen molar-refractivity contribution in [2.24, 2.45) is 4.36 Å². The van der Waals surface area contributed by atoms with Crippen LogP contribution in [0.2, 0.25) is 0 Å². The standard InChI is InChI=1S/C24H32N6O2S/c1-16(2)29-33(4,31)24(8-5-9-24)20-14-21(30-12-13-32-15-17(30)3)28-23(27-20)19-7-11-26-22-18(19)6-10-25-22/h6-7,10-11,14,16-17H,5,8-9,12-13,15H2,1-4H3,(H,25,26)/t17-,33?/m1/s1. The van der Waals surface area contributed by atoms with Crippen molar-refractivity contribution in [2.45, 2.75) is 56.9 Å². The predicted octanol–water partition coefficient (Wildman–Crippen LogP) is 4.13. The van der Waals surface area contributed by atoms with Crippen molar-refractivity contribution < 1.29 is 8.95 Å². The fourth-order valence-electron chi connectivity index (χ4n) is 4.99. The number of rotatable bonds is 5. The van der Waals surface area contributed by atoms with Crippen LogP contribution in [0.25, 0.3) is 22.4 Å². The van der Waals surface area contributed by atoms with Gasteiger partial charge in [0, 0.05) is 42.2 Å². The predicted molar refractivity (Wildman–Crippen MR) is 132 cm³/mol. The first-order valence-corrected chi connectivity index (χ1v) is 13.6. The van der Waals surface area contributed by atoms with E-state index in [4.69, 9.17) is 19.1 Å². The maximum Gasteiger partial charge on any atom is 0.162 e. The molecule has 5 rings (SSSR count). The van der Waals surface area contributed by atoms with Crippen LogP contribution in [0.3, 0.4) is 0 Å². The molecule has 1 saturated heterocycles. The van der Waals surface area contributed by atoms with Gasteiger partial charge in [-0.1, -0.05) is 0 Å². The van der Waals surface area contributed by atoms with Gasteiger partial charge in [0.15, 0.2) is 5.82 Å². The molecule has 2 fully saturated rings. The highest BCUT2D eigenvalue weighted by molar-refractivity contribution is 7.93. The lowest BCUT2D eigenvalue weighted by Crippen LogP contribution is -2.45. The molecule has 1 saturated carbocycles. The van der Waals surface area contributed by atoms with Crippen LogP contribution in [0, 0.1) is 0 Å². The summed E-state index contributed by atoms with van der Waals surface area (Å²) in [5, 5.41) is 0.974. The zero-order valence-corrected chi connectivity index (χ0v) is 20.6. The first-order chi connectivity index (χ1) is 15.8. The van der Waals surface area contributed by atoms with Gasteiger partial charge in [-0.05, 0) is 52.2 Å². The molecule has 0 spiro atoms. The van der Waals surface area contributed by atoms with Crippen LogP contribution in [0.5, 0.6) is 0 Å². The van der Waals surface area contributed by atoms with Crippen LogP contribution in [-0.4, -0.2) is 62.2 Å². The monoisotopic (exact) mass is 468 g/mol. The second-order valence-electron chi connectivity index (χ2n) is 9.50. The number of aromatic amines is 1. The molecule has 176 valence electrons. The van der Waals surface area contributed by atoms with Crippen LogP contribution in [0.1, 0.15) is 45.7 Å². The van der Waals surface area contributed by atoms with Gasteiger partial charge >= 0.3 is 0 Å². The summed E-state index contributed by atoms with van der Waals surface area (Å²) in [6.45, 7) is 8.20. The summed E-state index contributed by atoms with van der Waals surface area (Å²) < 4.78 is 23.8. The average Bonchev–Trinajstić information content (AvgIpc) is 3.21. The Morgan fingerprint density at radius 3 is 2.82 bits per heavy atom. The molecule has 1 unspecified atom stereocenters. The van der Waals surface area contributed by atoms with Gasteiger partial charge in [-0.25, -0.2) is 23.5 Å². The molecule has 3 aromatic rings. The van der Waals surface area contributed by atoms with Crippen LogP contribution in [0.4, 0.5) is 5.82 Å². The molecule has 3 aromatic heterocycles. The van der Waals surface area contributed by atoms with Crippen LogP contribution in [0.15, 0.2) is 35.0 Å². The van der Waals surface area contributed by atoms with Crippen molar-refractivity contribution >= 4 is 26.6 Å². The van der Waals surface area contributed by atoms with E-state index in [9.17, 15) is 4.21 Å². The molecule has 0 aromatic carbocycles. The topological polar surface area (TPSA) is 96.4 Å². The minimum atomic E-state index is -2.51. The van der Waals surface area contributed by atoms with Crippen molar-refractivity contribution in [1.82, 2.24) is 19.9 Å². The van der Waals surface area contributed by atoms with Gasteiger partial charge in [-0.2, -0.15) is 0 Å². The van der Waals surface area contributed by atoms with Crippen molar-refractivity contribution in [3.8, 4) is 11.4 Å². The Balaban J connectivity index is 1.73. The van der Waals surface area contributed by atoms with Gasteiger partial charge < -0.3 is 14.6 Å². The van der Waals surface area contributed by atoms with E-state index in [0.717, 1.165) is 53.9 Å². The number of anilines is 1. The molecule has 33 heavy (non-hydrogen) atoms. The highest BCUT2D eigenvalue weighted by Crippen LogP contribution is 2.49. The Hall–Kier alpha value is -2.52. The number of aromatic nitrogens is 4. The highest BCUT2D eigenvalue weighted by Gasteiger charge is 2.48. The molecular weight excluding hydrogens is 436 g/mol. The molecule has 1 N–H and O–H groups in total. The van der Waals surface area contributed by atoms with Crippen LogP contribution < -0.4 is 4.90 Å². The number of nitrogens with one attached hydrogen (secondary N) is 1. The molecule has 1 aliphatic heterocycles. The molecule has 2 aliphatic rings. The summed E-state index contributed by atoms with van der Waals surface area (Å²) in [7, 11) is -2.51. The van der Waals surface area contributed by atoms with Gasteiger partial charge in [0.25, 0.3) is 0 Å². The van der Waals surface area contributed by atoms with Crippen LogP contribution >= 0.6 is 0 Å². The summed E-state index contributed by atoms with van der Waals surface area (Å²) in [5.41, 5.74) is 2.56. The molecular formula is C24H32N6O2S. The highest BCUT2D eigenvalue weighted by atomic mass is 32.2. The number of hydrogen-bond donors (Lipinski definition) is 1. The van der Waals surface area contributed by atoms with Gasteiger partial charge in [0.2, 0.25) is 0 Å². The van der Waals surface area contributed by atoms with Crippen molar-refractivity contribution in [3.63, 3.8) is 0 Å². The first-order valence-electron chi connectivity index (χ1n) is 11.7. The largest absolute Gasteiger partial charge is 0.377 e. The quantitative estimate of drug-likeness (QED) is 0.605. The van der Waals surface area contributed by atoms with Gasteiger partial charge in [0.05, 0.1) is 45.5 Å². The Labute approximate surface area is 195 Å². The lowest BCUT2D eigenvalue weighted by atomic mass is 9.81. The number of morpholine rings is 1. The number of hydrogen-bond acceptors (Lipinski definition) is 7.